The van der Waals surface area contributed by atoms with Crippen molar-refractivity contribution in [2.24, 2.45) is 0 Å². The molecule has 0 unspecified atom stereocenters. The van der Waals surface area contributed by atoms with Crippen molar-refractivity contribution in [3.63, 3.8) is 0 Å². The second-order valence-corrected chi connectivity index (χ2v) is 10.6. The highest BCUT2D eigenvalue weighted by Gasteiger charge is 2.17. The van der Waals surface area contributed by atoms with Crippen LogP contribution in [0.2, 0.25) is 0 Å². The maximum atomic E-state index is 12.4. The number of nitrogens with one attached hydrogen (secondary N) is 2. The largest absolute Gasteiger partial charge is 0.337 e. The molecule has 4 rings (SSSR count). The summed E-state index contributed by atoms with van der Waals surface area (Å²) in [4.78, 5) is 21.8. The van der Waals surface area contributed by atoms with Crippen molar-refractivity contribution in [2.75, 3.05) is 6.54 Å². The molecule has 2 heterocycles. The Hall–Kier alpha value is -3.72. The van der Waals surface area contributed by atoms with Gasteiger partial charge in [0.05, 0.1) is 4.90 Å². The Morgan fingerprint density at radius 2 is 1.64 bits per heavy atom. The number of nitrogens with zero attached hydrogens (tertiary/aromatic N) is 3. The standard InChI is InChI=1S/C27H31N5O3S/c1-5-6-24-30-25-19(3)17-20(4)29-26(25)32(24)22-11-9-21(10-12-22)15-16-28-27(33)31-36(34,35)23-13-7-18(2)8-14-23/h7-14,17H,5-6,15-16H2,1-4H3,(H2,28,31,33). The van der Waals surface area contributed by atoms with Gasteiger partial charge < -0.3 is 5.32 Å². The van der Waals surface area contributed by atoms with Crippen LogP contribution in [0.25, 0.3) is 16.9 Å². The van der Waals surface area contributed by atoms with Gasteiger partial charge >= 0.3 is 6.03 Å². The van der Waals surface area contributed by atoms with Gasteiger partial charge in [0.2, 0.25) is 0 Å². The normalized spacial score (nSPS) is 11.6. The molecule has 0 saturated heterocycles. The molecule has 0 radical (unpaired) electrons. The summed E-state index contributed by atoms with van der Waals surface area (Å²) in [5.74, 6) is 0.981. The van der Waals surface area contributed by atoms with Crippen LogP contribution in [0.4, 0.5) is 4.79 Å². The maximum absolute atomic E-state index is 12.4. The van der Waals surface area contributed by atoms with Crippen molar-refractivity contribution in [1.82, 2.24) is 24.6 Å². The van der Waals surface area contributed by atoms with Crippen LogP contribution in [0, 0.1) is 20.8 Å². The highest BCUT2D eigenvalue weighted by atomic mass is 32.2. The molecule has 36 heavy (non-hydrogen) atoms. The Balaban J connectivity index is 1.42. The van der Waals surface area contributed by atoms with Crippen LogP contribution in [-0.2, 0) is 22.9 Å². The summed E-state index contributed by atoms with van der Waals surface area (Å²) in [5, 5.41) is 2.62. The van der Waals surface area contributed by atoms with Gasteiger partial charge in [-0.15, -0.1) is 0 Å². The van der Waals surface area contributed by atoms with Crippen LogP contribution in [0.5, 0.6) is 0 Å². The number of imidazole rings is 1. The van der Waals surface area contributed by atoms with Gasteiger partial charge in [0.25, 0.3) is 10.0 Å². The number of aromatic nitrogens is 3. The number of amides is 2. The second kappa shape index (κ2) is 10.5. The number of hydrogen-bond donors (Lipinski definition) is 2. The van der Waals surface area contributed by atoms with E-state index >= 15 is 0 Å². The molecule has 0 aliphatic rings. The first kappa shape index (κ1) is 25.4. The Bertz CT molecular complexity index is 1490. The van der Waals surface area contributed by atoms with Gasteiger partial charge in [0.1, 0.15) is 11.3 Å². The molecule has 2 aromatic carbocycles. The van der Waals surface area contributed by atoms with Crippen LogP contribution < -0.4 is 10.0 Å². The topological polar surface area (TPSA) is 106 Å². The van der Waals surface area contributed by atoms with Crippen molar-refractivity contribution < 1.29 is 13.2 Å². The van der Waals surface area contributed by atoms with Gasteiger partial charge in [-0.3, -0.25) is 4.57 Å². The lowest BCUT2D eigenvalue weighted by Gasteiger charge is -2.11. The number of rotatable bonds is 8. The average molecular weight is 506 g/mol. The number of benzene rings is 2. The van der Waals surface area contributed by atoms with Crippen LogP contribution in [0.1, 0.15) is 41.6 Å². The lowest BCUT2D eigenvalue weighted by molar-refractivity contribution is 0.246. The fourth-order valence-electron chi connectivity index (χ4n) is 4.13. The van der Waals surface area contributed by atoms with Gasteiger partial charge in [-0.05, 0) is 75.1 Å². The second-order valence-electron chi connectivity index (χ2n) is 8.96. The summed E-state index contributed by atoms with van der Waals surface area (Å²) in [6.45, 7) is 8.34. The Kier molecular flexibility index (Phi) is 7.40. The van der Waals surface area contributed by atoms with E-state index < -0.39 is 16.1 Å². The van der Waals surface area contributed by atoms with Crippen molar-refractivity contribution in [1.29, 1.82) is 0 Å². The third-order valence-electron chi connectivity index (χ3n) is 5.93. The summed E-state index contributed by atoms with van der Waals surface area (Å²) in [6.07, 6.45) is 2.38. The molecule has 0 spiro atoms. The molecular formula is C27H31N5O3S. The van der Waals surface area contributed by atoms with E-state index in [0.717, 1.165) is 57.9 Å². The summed E-state index contributed by atoms with van der Waals surface area (Å²) in [5.41, 5.74) is 6.78. The maximum Gasteiger partial charge on any atom is 0.328 e. The summed E-state index contributed by atoms with van der Waals surface area (Å²) in [6, 6.07) is 15.7. The van der Waals surface area contributed by atoms with Crippen LogP contribution >= 0.6 is 0 Å². The van der Waals surface area contributed by atoms with Gasteiger partial charge in [-0.1, -0.05) is 36.8 Å². The molecule has 2 aromatic heterocycles. The van der Waals surface area contributed by atoms with Crippen molar-refractivity contribution in [2.45, 2.75) is 51.9 Å². The zero-order chi connectivity index (χ0) is 25.9. The molecule has 0 fully saturated rings. The van der Waals surface area contributed by atoms with E-state index in [1.54, 1.807) is 12.1 Å². The number of fused-ring (bicyclic) bond motifs is 1. The number of sulfonamides is 1. The van der Waals surface area contributed by atoms with E-state index in [-0.39, 0.29) is 4.90 Å². The number of pyridine rings is 1. The van der Waals surface area contributed by atoms with Gasteiger partial charge in [-0.25, -0.2) is 27.9 Å². The lowest BCUT2D eigenvalue weighted by Crippen LogP contribution is -2.40. The smallest absolute Gasteiger partial charge is 0.328 e. The highest BCUT2D eigenvalue weighted by Crippen LogP contribution is 2.24. The average Bonchev–Trinajstić information content (AvgIpc) is 3.18. The number of hydrogen-bond acceptors (Lipinski definition) is 5. The molecule has 0 saturated carbocycles. The van der Waals surface area contributed by atoms with E-state index in [1.165, 1.54) is 12.1 Å². The monoisotopic (exact) mass is 505 g/mol. The fourth-order valence-corrected chi connectivity index (χ4v) is 5.06. The predicted octanol–water partition coefficient (Wildman–Crippen LogP) is 4.53. The first-order valence-electron chi connectivity index (χ1n) is 12.0. The third-order valence-corrected chi connectivity index (χ3v) is 7.28. The summed E-state index contributed by atoms with van der Waals surface area (Å²) in [7, 11) is -3.91. The van der Waals surface area contributed by atoms with Gasteiger partial charge in [0, 0.05) is 24.3 Å². The first-order valence-corrected chi connectivity index (χ1v) is 13.5. The van der Waals surface area contributed by atoms with E-state index in [9.17, 15) is 13.2 Å². The van der Waals surface area contributed by atoms with Crippen molar-refractivity contribution in [3.8, 4) is 5.69 Å². The van der Waals surface area contributed by atoms with Crippen LogP contribution in [0.3, 0.4) is 0 Å². The third kappa shape index (κ3) is 5.57. The molecule has 4 aromatic rings. The van der Waals surface area contributed by atoms with Crippen molar-refractivity contribution >= 4 is 27.2 Å². The van der Waals surface area contributed by atoms with Gasteiger partial charge in [-0.2, -0.15) is 0 Å². The molecule has 0 aliphatic heterocycles. The predicted molar refractivity (Wildman–Crippen MR) is 141 cm³/mol. The fraction of sp³-hybridized carbons (Fsp3) is 0.296. The zero-order valence-corrected chi connectivity index (χ0v) is 21.8. The molecule has 2 N–H and O–H groups in total. The van der Waals surface area contributed by atoms with E-state index in [4.69, 9.17) is 9.97 Å². The number of carbonyl (C=O) groups excluding carboxylic acids is 1. The van der Waals surface area contributed by atoms with E-state index in [0.29, 0.717) is 13.0 Å². The minimum atomic E-state index is -3.91. The first-order chi connectivity index (χ1) is 17.2. The number of urea groups is 1. The summed E-state index contributed by atoms with van der Waals surface area (Å²) < 4.78 is 28.9. The minimum absolute atomic E-state index is 0.0492. The van der Waals surface area contributed by atoms with Crippen LogP contribution in [-0.4, -0.2) is 35.5 Å². The molecule has 8 nitrogen and oxygen atoms in total. The SMILES string of the molecule is CCCc1nc2c(C)cc(C)nc2n1-c1ccc(CCNC(=O)NS(=O)(=O)c2ccc(C)cc2)cc1. The molecule has 188 valence electrons. The Morgan fingerprint density at radius 1 is 0.944 bits per heavy atom. The quantitative estimate of drug-likeness (QED) is 0.366. The molecule has 9 heteroatoms. The Labute approximate surface area is 211 Å². The zero-order valence-electron chi connectivity index (χ0n) is 21.0. The lowest BCUT2D eigenvalue weighted by atomic mass is 10.1. The molecule has 0 bridgehead atoms. The molecular weight excluding hydrogens is 474 g/mol. The number of aryl methyl sites for hydroxylation is 4. The molecule has 0 aliphatic carbocycles. The van der Waals surface area contributed by atoms with E-state index in [2.05, 4.69) is 28.5 Å². The number of carbonyl (C=O) groups is 1. The van der Waals surface area contributed by atoms with Crippen molar-refractivity contribution in [3.05, 3.63) is 82.8 Å². The Morgan fingerprint density at radius 3 is 2.31 bits per heavy atom. The van der Waals surface area contributed by atoms with Gasteiger partial charge in [0.15, 0.2) is 5.65 Å². The molecule has 0 atom stereocenters. The molecule has 2 amide bonds. The minimum Gasteiger partial charge on any atom is -0.337 e. The summed E-state index contributed by atoms with van der Waals surface area (Å²) >= 11 is 0. The van der Waals surface area contributed by atoms with E-state index in [1.807, 2.05) is 44.2 Å². The highest BCUT2D eigenvalue weighted by molar-refractivity contribution is 7.90. The van der Waals surface area contributed by atoms with Crippen LogP contribution in [0.15, 0.2) is 59.5 Å².